The summed E-state index contributed by atoms with van der Waals surface area (Å²) >= 11 is 0. The van der Waals surface area contributed by atoms with Gasteiger partial charge in [-0.3, -0.25) is 0 Å². The molecule has 15 heavy (non-hydrogen) atoms. The Morgan fingerprint density at radius 2 is 1.87 bits per heavy atom. The summed E-state index contributed by atoms with van der Waals surface area (Å²) in [7, 11) is 0. The van der Waals surface area contributed by atoms with Gasteiger partial charge in [-0.15, -0.1) is 0 Å². The molecule has 0 amide bonds. The number of nitrogens with one attached hydrogen (secondary N) is 1. The van der Waals surface area contributed by atoms with Crippen molar-refractivity contribution in [3.05, 3.63) is 29.8 Å². The van der Waals surface area contributed by atoms with Crippen molar-refractivity contribution in [2.24, 2.45) is 5.41 Å². The lowest BCUT2D eigenvalue weighted by Gasteiger charge is -2.18. The first-order chi connectivity index (χ1) is 6.99. The topological polar surface area (TPSA) is 32.3 Å². The van der Waals surface area contributed by atoms with Crippen molar-refractivity contribution < 1.29 is 5.11 Å². The Kier molecular flexibility index (Phi) is 4.15. The molecule has 0 heterocycles. The molecule has 1 rings (SSSR count). The molecule has 1 aromatic carbocycles. The minimum atomic E-state index is 0.367. The van der Waals surface area contributed by atoms with Crippen molar-refractivity contribution in [2.75, 3.05) is 6.54 Å². The van der Waals surface area contributed by atoms with Gasteiger partial charge in [0.15, 0.2) is 0 Å². The predicted molar refractivity (Wildman–Crippen MR) is 63.9 cm³/mol. The first-order valence-electron chi connectivity index (χ1n) is 5.47. The van der Waals surface area contributed by atoms with Crippen LogP contribution in [-0.4, -0.2) is 11.7 Å². The monoisotopic (exact) mass is 207 g/mol. The maximum absolute atomic E-state index is 9.53. The van der Waals surface area contributed by atoms with Gasteiger partial charge in [0.1, 0.15) is 5.75 Å². The van der Waals surface area contributed by atoms with Crippen LogP contribution in [0, 0.1) is 5.41 Å². The zero-order chi connectivity index (χ0) is 11.3. The van der Waals surface area contributed by atoms with E-state index in [2.05, 4.69) is 26.1 Å². The fraction of sp³-hybridized carbons (Fsp3) is 0.538. The van der Waals surface area contributed by atoms with Crippen LogP contribution in [0.4, 0.5) is 0 Å². The highest BCUT2D eigenvalue weighted by atomic mass is 16.3. The number of phenols is 1. The average Bonchev–Trinajstić information content (AvgIpc) is 2.13. The van der Waals surface area contributed by atoms with E-state index in [9.17, 15) is 5.11 Å². The minimum absolute atomic E-state index is 0.367. The molecule has 0 radical (unpaired) electrons. The lowest BCUT2D eigenvalue weighted by molar-refractivity contribution is 0.365. The normalized spacial score (nSPS) is 11.7. The quantitative estimate of drug-likeness (QED) is 0.744. The highest BCUT2D eigenvalue weighted by Gasteiger charge is 2.08. The van der Waals surface area contributed by atoms with Gasteiger partial charge in [-0.2, -0.15) is 0 Å². The van der Waals surface area contributed by atoms with Gasteiger partial charge in [0.05, 0.1) is 0 Å². The third kappa shape index (κ3) is 4.84. The van der Waals surface area contributed by atoms with Gasteiger partial charge in [0, 0.05) is 12.1 Å². The second-order valence-electron chi connectivity index (χ2n) is 5.12. The molecule has 0 aliphatic carbocycles. The van der Waals surface area contributed by atoms with Crippen LogP contribution in [0.15, 0.2) is 24.3 Å². The minimum Gasteiger partial charge on any atom is -0.508 e. The Morgan fingerprint density at radius 1 is 1.20 bits per heavy atom. The van der Waals surface area contributed by atoms with Crippen molar-refractivity contribution in [1.82, 2.24) is 5.32 Å². The Bertz CT molecular complexity index is 302. The molecule has 0 aliphatic rings. The number of aromatic hydroxyl groups is 1. The van der Waals surface area contributed by atoms with Gasteiger partial charge in [0.25, 0.3) is 0 Å². The highest BCUT2D eigenvalue weighted by Crippen LogP contribution is 2.18. The molecule has 0 saturated carbocycles. The lowest BCUT2D eigenvalue weighted by Crippen LogP contribution is -2.20. The third-order valence-electron chi connectivity index (χ3n) is 2.36. The van der Waals surface area contributed by atoms with Crippen LogP contribution < -0.4 is 5.32 Å². The zero-order valence-corrected chi connectivity index (χ0v) is 9.88. The molecule has 0 fully saturated rings. The molecule has 2 N–H and O–H groups in total. The van der Waals surface area contributed by atoms with Gasteiger partial charge in [-0.05, 0) is 24.4 Å². The number of rotatable bonds is 4. The molecule has 0 spiro atoms. The molecule has 0 saturated heterocycles. The van der Waals surface area contributed by atoms with E-state index in [0.29, 0.717) is 11.2 Å². The Morgan fingerprint density at radius 3 is 2.47 bits per heavy atom. The molecule has 2 nitrogen and oxygen atoms in total. The molecule has 0 unspecified atom stereocenters. The molecule has 0 aliphatic heterocycles. The molecule has 0 aromatic heterocycles. The largest absolute Gasteiger partial charge is 0.508 e. The Balaban J connectivity index is 2.30. The molecule has 0 atom stereocenters. The molecule has 0 bridgehead atoms. The van der Waals surface area contributed by atoms with Crippen molar-refractivity contribution >= 4 is 0 Å². The molecule has 84 valence electrons. The lowest BCUT2D eigenvalue weighted by atomic mass is 9.92. The van der Waals surface area contributed by atoms with Gasteiger partial charge in [0.2, 0.25) is 0 Å². The number of hydrogen-bond acceptors (Lipinski definition) is 2. The summed E-state index contributed by atoms with van der Waals surface area (Å²) in [5.74, 6) is 0.376. The van der Waals surface area contributed by atoms with E-state index in [-0.39, 0.29) is 0 Å². The van der Waals surface area contributed by atoms with E-state index in [0.717, 1.165) is 25.1 Å². The van der Waals surface area contributed by atoms with Crippen molar-refractivity contribution in [1.29, 1.82) is 0 Å². The number of benzene rings is 1. The summed E-state index contributed by atoms with van der Waals surface area (Å²) < 4.78 is 0. The van der Waals surface area contributed by atoms with Crippen LogP contribution in [0.5, 0.6) is 5.75 Å². The molecular formula is C13H21NO. The summed E-state index contributed by atoms with van der Waals surface area (Å²) in [4.78, 5) is 0. The maximum Gasteiger partial charge on any atom is 0.120 e. The van der Waals surface area contributed by atoms with Gasteiger partial charge in [-0.1, -0.05) is 39.0 Å². The summed E-state index contributed by atoms with van der Waals surface area (Å²) in [5, 5.41) is 12.9. The molecular weight excluding hydrogens is 186 g/mol. The first-order valence-corrected chi connectivity index (χ1v) is 5.47. The second kappa shape index (κ2) is 5.17. The summed E-state index contributed by atoms with van der Waals surface area (Å²) in [6, 6.07) is 7.45. The summed E-state index contributed by atoms with van der Waals surface area (Å²) in [6.07, 6.45) is 1.14. The van der Waals surface area contributed by atoms with Crippen molar-refractivity contribution in [2.45, 2.75) is 33.7 Å². The standard InChI is InChI=1S/C13H21NO/c1-13(2,3)8-9-14-10-11-6-4-5-7-12(11)15/h4-7,14-15H,8-10H2,1-3H3. The van der Waals surface area contributed by atoms with E-state index in [1.165, 1.54) is 0 Å². The Hall–Kier alpha value is -1.02. The number of para-hydroxylation sites is 1. The fourth-order valence-corrected chi connectivity index (χ4v) is 1.35. The van der Waals surface area contributed by atoms with E-state index < -0.39 is 0 Å². The predicted octanol–water partition coefficient (Wildman–Crippen LogP) is 2.92. The second-order valence-corrected chi connectivity index (χ2v) is 5.12. The summed E-state index contributed by atoms with van der Waals surface area (Å²) in [5.41, 5.74) is 1.33. The van der Waals surface area contributed by atoms with Crippen LogP contribution >= 0.6 is 0 Å². The van der Waals surface area contributed by atoms with E-state index in [1.807, 2.05) is 18.2 Å². The Labute approximate surface area is 92.3 Å². The van der Waals surface area contributed by atoms with Gasteiger partial charge in [-0.25, -0.2) is 0 Å². The van der Waals surface area contributed by atoms with E-state index in [1.54, 1.807) is 6.07 Å². The van der Waals surface area contributed by atoms with Crippen LogP contribution in [0.25, 0.3) is 0 Å². The van der Waals surface area contributed by atoms with Crippen molar-refractivity contribution in [3.63, 3.8) is 0 Å². The zero-order valence-electron chi connectivity index (χ0n) is 9.88. The average molecular weight is 207 g/mol. The van der Waals surface area contributed by atoms with Crippen LogP contribution in [0.3, 0.4) is 0 Å². The first kappa shape index (κ1) is 12.1. The van der Waals surface area contributed by atoms with Crippen LogP contribution in [0.1, 0.15) is 32.8 Å². The molecule has 1 aromatic rings. The smallest absolute Gasteiger partial charge is 0.120 e. The van der Waals surface area contributed by atoms with Gasteiger partial charge >= 0.3 is 0 Å². The maximum atomic E-state index is 9.53. The van der Waals surface area contributed by atoms with Crippen LogP contribution in [0.2, 0.25) is 0 Å². The summed E-state index contributed by atoms with van der Waals surface area (Å²) in [6.45, 7) is 8.42. The van der Waals surface area contributed by atoms with Crippen LogP contribution in [-0.2, 0) is 6.54 Å². The van der Waals surface area contributed by atoms with E-state index >= 15 is 0 Å². The SMILES string of the molecule is CC(C)(C)CCNCc1ccccc1O. The fourth-order valence-electron chi connectivity index (χ4n) is 1.35. The van der Waals surface area contributed by atoms with Gasteiger partial charge < -0.3 is 10.4 Å². The van der Waals surface area contributed by atoms with Crippen molar-refractivity contribution in [3.8, 4) is 5.75 Å². The van der Waals surface area contributed by atoms with E-state index in [4.69, 9.17) is 0 Å². The number of phenolic OH excluding ortho intramolecular Hbond substituents is 1. The molecule has 2 heteroatoms. The highest BCUT2D eigenvalue weighted by molar-refractivity contribution is 5.31. The third-order valence-corrected chi connectivity index (χ3v) is 2.36. The number of hydrogen-bond donors (Lipinski definition) is 2.